The molecule has 0 unspecified atom stereocenters. The number of nitrogens with two attached hydrogens (primary N) is 1. The molecule has 0 spiro atoms. The smallest absolute Gasteiger partial charge is 0.284 e. The minimum atomic E-state index is -0.468. The molecule has 1 aliphatic rings. The second-order valence-electron chi connectivity index (χ2n) is 1.95. The van der Waals surface area contributed by atoms with Crippen LogP contribution in [0.4, 0.5) is 0 Å². The van der Waals surface area contributed by atoms with Gasteiger partial charge in [-0.3, -0.25) is 4.79 Å². The van der Waals surface area contributed by atoms with Crippen molar-refractivity contribution in [3.8, 4) is 0 Å². The van der Waals surface area contributed by atoms with Crippen LogP contribution in [0, 0.1) is 0 Å². The molecule has 2 N–H and O–H groups in total. The van der Waals surface area contributed by atoms with E-state index in [-0.39, 0.29) is 0 Å². The molecular weight excluding hydrogens is 150 g/mol. The first-order chi connectivity index (χ1) is 4.72. The number of rotatable bonds is 1. The summed E-state index contributed by atoms with van der Waals surface area (Å²) in [7, 11) is 0. The molecule has 0 atom stereocenters. The Bertz CT molecular complexity index is 188. The molecule has 10 heavy (non-hydrogen) atoms. The average molecular weight is 159 g/mol. The van der Waals surface area contributed by atoms with E-state index in [0.717, 1.165) is 10.7 Å². The number of ether oxygens (including phenoxy) is 1. The predicted molar refractivity (Wildman–Crippen MR) is 40.3 cm³/mol. The molecule has 0 aromatic rings. The van der Waals surface area contributed by atoms with E-state index in [1.165, 1.54) is 0 Å². The number of allylic oxidation sites excluding steroid dienone is 1. The van der Waals surface area contributed by atoms with Crippen LogP contribution >= 0.6 is 11.8 Å². The number of carbonyl (C=O) groups is 1. The lowest BCUT2D eigenvalue weighted by atomic mass is 10.4. The summed E-state index contributed by atoms with van der Waals surface area (Å²) in [5, 5.41) is 0. The maximum atomic E-state index is 10.6. The summed E-state index contributed by atoms with van der Waals surface area (Å²) in [5.74, 6) is 0.767. The lowest BCUT2D eigenvalue weighted by molar-refractivity contribution is -0.117. The Morgan fingerprint density at radius 3 is 2.90 bits per heavy atom. The molecule has 0 fully saturated rings. The van der Waals surface area contributed by atoms with Gasteiger partial charge in [-0.1, -0.05) is 0 Å². The first-order valence-electron chi connectivity index (χ1n) is 2.98. The first kappa shape index (κ1) is 7.47. The van der Waals surface area contributed by atoms with Crippen LogP contribution in [0.1, 0.15) is 6.92 Å². The van der Waals surface area contributed by atoms with Crippen LogP contribution in [0.25, 0.3) is 0 Å². The van der Waals surface area contributed by atoms with Gasteiger partial charge in [-0.25, -0.2) is 0 Å². The lowest BCUT2D eigenvalue weighted by Crippen LogP contribution is -2.20. The molecule has 0 aliphatic carbocycles. The molecule has 1 amide bonds. The van der Waals surface area contributed by atoms with E-state index in [1.54, 1.807) is 11.8 Å². The lowest BCUT2D eigenvalue weighted by Gasteiger charge is -2.15. The van der Waals surface area contributed by atoms with Gasteiger partial charge in [0.15, 0.2) is 5.76 Å². The van der Waals surface area contributed by atoms with Crippen LogP contribution in [-0.2, 0) is 9.53 Å². The number of amides is 1. The number of carbonyl (C=O) groups excluding carboxylic acids is 1. The Morgan fingerprint density at radius 2 is 2.50 bits per heavy atom. The molecule has 1 rings (SSSR count). The van der Waals surface area contributed by atoms with Crippen molar-refractivity contribution in [3.05, 3.63) is 10.7 Å². The third-order valence-electron chi connectivity index (χ3n) is 1.19. The van der Waals surface area contributed by atoms with E-state index in [1.807, 2.05) is 6.92 Å². The molecule has 1 aliphatic heterocycles. The van der Waals surface area contributed by atoms with Gasteiger partial charge in [-0.15, -0.1) is 11.8 Å². The zero-order valence-corrected chi connectivity index (χ0v) is 6.53. The van der Waals surface area contributed by atoms with Gasteiger partial charge in [0.05, 0.1) is 6.61 Å². The van der Waals surface area contributed by atoms with Gasteiger partial charge in [0.25, 0.3) is 5.91 Å². The minimum Gasteiger partial charge on any atom is -0.486 e. The van der Waals surface area contributed by atoms with Crippen molar-refractivity contribution < 1.29 is 9.53 Å². The van der Waals surface area contributed by atoms with E-state index in [2.05, 4.69) is 0 Å². The second-order valence-corrected chi connectivity index (χ2v) is 3.26. The number of hydrogen-bond donors (Lipinski definition) is 1. The number of primary amides is 1. The number of thioether (sulfide) groups is 1. The van der Waals surface area contributed by atoms with Crippen LogP contribution in [-0.4, -0.2) is 18.3 Å². The predicted octanol–water partition coefficient (Wildman–Crippen LogP) is 0.467. The molecule has 4 heteroatoms. The normalized spacial score (nSPS) is 18.5. The fourth-order valence-electron chi connectivity index (χ4n) is 0.750. The van der Waals surface area contributed by atoms with E-state index < -0.39 is 5.91 Å². The van der Waals surface area contributed by atoms with E-state index in [4.69, 9.17) is 10.5 Å². The molecular formula is C6H9NO2S. The first-order valence-corrected chi connectivity index (χ1v) is 3.96. The number of hydrogen-bond acceptors (Lipinski definition) is 3. The topological polar surface area (TPSA) is 52.3 Å². The molecule has 0 saturated heterocycles. The molecule has 0 aromatic heterocycles. The third-order valence-corrected chi connectivity index (χ3v) is 2.18. The Kier molecular flexibility index (Phi) is 2.21. The summed E-state index contributed by atoms with van der Waals surface area (Å²) in [6.45, 7) is 2.42. The summed E-state index contributed by atoms with van der Waals surface area (Å²) in [4.78, 5) is 11.5. The van der Waals surface area contributed by atoms with E-state index in [0.29, 0.717) is 12.4 Å². The van der Waals surface area contributed by atoms with Gasteiger partial charge < -0.3 is 10.5 Å². The molecule has 1 heterocycles. The van der Waals surface area contributed by atoms with Crippen molar-refractivity contribution in [1.82, 2.24) is 0 Å². The van der Waals surface area contributed by atoms with Crippen LogP contribution in [0.5, 0.6) is 0 Å². The highest BCUT2D eigenvalue weighted by Crippen LogP contribution is 2.23. The Labute approximate surface area is 63.6 Å². The zero-order chi connectivity index (χ0) is 7.56. The van der Waals surface area contributed by atoms with Crippen LogP contribution in [0.3, 0.4) is 0 Å². The van der Waals surface area contributed by atoms with Crippen LogP contribution in [0.15, 0.2) is 10.7 Å². The summed E-state index contributed by atoms with van der Waals surface area (Å²) in [6.07, 6.45) is 0. The van der Waals surface area contributed by atoms with Gasteiger partial charge in [-0.05, 0) is 6.92 Å². The van der Waals surface area contributed by atoms with Gasteiger partial charge in [0.1, 0.15) is 0 Å². The molecule has 0 radical (unpaired) electrons. The summed E-state index contributed by atoms with van der Waals surface area (Å²) in [5.41, 5.74) is 5.02. The van der Waals surface area contributed by atoms with Crippen LogP contribution < -0.4 is 5.73 Å². The van der Waals surface area contributed by atoms with Crippen molar-refractivity contribution in [3.63, 3.8) is 0 Å². The summed E-state index contributed by atoms with van der Waals surface area (Å²) >= 11 is 1.61. The quantitative estimate of drug-likeness (QED) is 0.605. The molecule has 0 bridgehead atoms. The second kappa shape index (κ2) is 2.96. The largest absolute Gasteiger partial charge is 0.486 e. The monoisotopic (exact) mass is 159 g/mol. The van der Waals surface area contributed by atoms with Crippen molar-refractivity contribution in [1.29, 1.82) is 0 Å². The van der Waals surface area contributed by atoms with E-state index >= 15 is 0 Å². The highest BCUT2D eigenvalue weighted by atomic mass is 32.2. The fraction of sp³-hybridized carbons (Fsp3) is 0.500. The molecule has 0 saturated carbocycles. The Balaban J connectivity index is 2.78. The van der Waals surface area contributed by atoms with Crippen molar-refractivity contribution >= 4 is 17.7 Å². The average Bonchev–Trinajstić information content (AvgIpc) is 1.88. The fourth-order valence-corrected chi connectivity index (χ4v) is 1.51. The highest BCUT2D eigenvalue weighted by molar-refractivity contribution is 8.03. The minimum absolute atomic E-state index is 0.330. The third kappa shape index (κ3) is 1.44. The van der Waals surface area contributed by atoms with E-state index in [9.17, 15) is 4.79 Å². The Hall–Kier alpha value is -0.640. The maximum Gasteiger partial charge on any atom is 0.284 e. The van der Waals surface area contributed by atoms with Crippen molar-refractivity contribution in [2.75, 3.05) is 12.4 Å². The Morgan fingerprint density at radius 1 is 1.80 bits per heavy atom. The zero-order valence-electron chi connectivity index (χ0n) is 5.72. The van der Waals surface area contributed by atoms with Crippen molar-refractivity contribution in [2.45, 2.75) is 6.92 Å². The molecule has 3 nitrogen and oxygen atoms in total. The SMILES string of the molecule is CC1=C(C(N)=O)OCCS1. The van der Waals surface area contributed by atoms with Crippen molar-refractivity contribution in [2.24, 2.45) is 5.73 Å². The maximum absolute atomic E-state index is 10.6. The standard InChI is InChI=1S/C6H9NO2S/c1-4-5(6(7)8)9-2-3-10-4/h2-3H2,1H3,(H2,7,8). The molecule has 56 valence electrons. The van der Waals surface area contributed by atoms with Gasteiger partial charge in [0.2, 0.25) is 0 Å². The highest BCUT2D eigenvalue weighted by Gasteiger charge is 2.15. The summed E-state index contributed by atoms with van der Waals surface area (Å²) in [6, 6.07) is 0. The molecule has 0 aromatic carbocycles. The van der Waals surface area contributed by atoms with Gasteiger partial charge in [0, 0.05) is 10.7 Å². The van der Waals surface area contributed by atoms with Crippen LogP contribution in [0.2, 0.25) is 0 Å². The van der Waals surface area contributed by atoms with Gasteiger partial charge >= 0.3 is 0 Å². The van der Waals surface area contributed by atoms with Gasteiger partial charge in [-0.2, -0.15) is 0 Å². The summed E-state index contributed by atoms with van der Waals surface area (Å²) < 4.78 is 5.04.